The van der Waals surface area contributed by atoms with Gasteiger partial charge >= 0.3 is 0 Å². The molecule has 1 atom stereocenters. The van der Waals surface area contributed by atoms with Crippen molar-refractivity contribution in [1.82, 2.24) is 14.5 Å². The van der Waals surface area contributed by atoms with Crippen LogP contribution >= 0.6 is 0 Å². The average molecular weight is 461 g/mol. The average Bonchev–Trinajstić information content (AvgIpc) is 3.27. The Labute approximate surface area is 200 Å². The number of carbonyl (C=O) groups is 2. The van der Waals surface area contributed by atoms with Crippen LogP contribution in [0.3, 0.4) is 0 Å². The minimum atomic E-state index is -0.0912. The third kappa shape index (κ3) is 4.39. The number of anilines is 1. The maximum absolute atomic E-state index is 13.3. The van der Waals surface area contributed by atoms with E-state index < -0.39 is 0 Å². The van der Waals surface area contributed by atoms with Crippen LogP contribution in [0.15, 0.2) is 48.5 Å². The van der Waals surface area contributed by atoms with E-state index in [1.54, 1.807) is 4.90 Å². The molecule has 3 heterocycles. The van der Waals surface area contributed by atoms with E-state index >= 15 is 0 Å². The smallest absolute Gasteiger partial charge is 0.242 e. The second kappa shape index (κ2) is 9.87. The van der Waals surface area contributed by atoms with Crippen LogP contribution in [0.1, 0.15) is 50.8 Å². The Balaban J connectivity index is 1.45. The fourth-order valence-electron chi connectivity index (χ4n) is 5.20. The summed E-state index contributed by atoms with van der Waals surface area (Å²) in [5, 5.41) is 0. The largest absolute Gasteiger partial charge is 0.492 e. The summed E-state index contributed by atoms with van der Waals surface area (Å²) in [6, 6.07) is 15.6. The third-order valence-electron chi connectivity index (χ3n) is 6.88. The second-order valence-electron chi connectivity index (χ2n) is 9.15. The minimum absolute atomic E-state index is 0.0506. The highest BCUT2D eigenvalue weighted by atomic mass is 16.5. The third-order valence-corrected chi connectivity index (χ3v) is 6.88. The van der Waals surface area contributed by atoms with Gasteiger partial charge in [0.1, 0.15) is 18.1 Å². The van der Waals surface area contributed by atoms with E-state index in [0.29, 0.717) is 25.3 Å². The first-order valence-electron chi connectivity index (χ1n) is 12.4. The molecule has 5 rings (SSSR count). The van der Waals surface area contributed by atoms with Crippen molar-refractivity contribution in [1.29, 1.82) is 0 Å². The van der Waals surface area contributed by atoms with E-state index in [1.807, 2.05) is 64.9 Å². The molecule has 2 fully saturated rings. The molecule has 3 aromatic rings. The lowest BCUT2D eigenvalue weighted by Gasteiger charge is -2.22. The van der Waals surface area contributed by atoms with Gasteiger partial charge in [0, 0.05) is 32.0 Å². The standard InChI is InChI=1S/C27H32N4O3/c1-2-34-24-14-8-7-13-23(24)30-18-20(17-25(30)32)27-28-21-11-5-6-12-22(21)31(27)19-26(33)29-15-9-3-4-10-16-29/h5-8,11-14,20H,2-4,9-10,15-19H2,1H3. The molecule has 2 aromatic carbocycles. The summed E-state index contributed by atoms with van der Waals surface area (Å²) >= 11 is 0. The van der Waals surface area contributed by atoms with Crippen LogP contribution in [0, 0.1) is 0 Å². The van der Waals surface area contributed by atoms with Crippen LogP contribution in [0.25, 0.3) is 11.0 Å². The molecule has 7 nitrogen and oxygen atoms in total. The normalized spacial score (nSPS) is 19.0. The first-order valence-corrected chi connectivity index (χ1v) is 12.4. The highest BCUT2D eigenvalue weighted by molar-refractivity contribution is 5.98. The number of hydrogen-bond acceptors (Lipinski definition) is 4. The fraction of sp³-hybridized carbons (Fsp3) is 0.444. The minimum Gasteiger partial charge on any atom is -0.492 e. The quantitative estimate of drug-likeness (QED) is 0.548. The number of carbonyl (C=O) groups excluding carboxylic acids is 2. The molecule has 0 saturated carbocycles. The Hall–Kier alpha value is -3.35. The Kier molecular flexibility index (Phi) is 6.52. The zero-order chi connectivity index (χ0) is 23.5. The number of imidazole rings is 1. The molecule has 1 aromatic heterocycles. The van der Waals surface area contributed by atoms with Gasteiger partial charge in [-0.05, 0) is 44.0 Å². The van der Waals surface area contributed by atoms with E-state index in [4.69, 9.17) is 9.72 Å². The van der Waals surface area contributed by atoms with Gasteiger partial charge in [-0.15, -0.1) is 0 Å². The maximum atomic E-state index is 13.3. The van der Waals surface area contributed by atoms with Crippen LogP contribution in [0.4, 0.5) is 5.69 Å². The number of benzene rings is 2. The SMILES string of the molecule is CCOc1ccccc1N1CC(c2nc3ccccc3n2CC(=O)N2CCCCCC2)CC1=O. The van der Waals surface area contributed by atoms with Gasteiger partial charge in [0.05, 0.1) is 23.3 Å². The van der Waals surface area contributed by atoms with Crippen LogP contribution < -0.4 is 9.64 Å². The summed E-state index contributed by atoms with van der Waals surface area (Å²) in [4.78, 5) is 35.1. The van der Waals surface area contributed by atoms with Gasteiger partial charge in [0.15, 0.2) is 0 Å². The number of para-hydroxylation sites is 4. The van der Waals surface area contributed by atoms with E-state index in [-0.39, 0.29) is 24.3 Å². The Morgan fingerprint density at radius 1 is 1.03 bits per heavy atom. The van der Waals surface area contributed by atoms with E-state index in [1.165, 1.54) is 12.8 Å². The summed E-state index contributed by atoms with van der Waals surface area (Å²) in [6.45, 7) is 4.90. The van der Waals surface area contributed by atoms with Crippen molar-refractivity contribution in [2.24, 2.45) is 0 Å². The molecule has 0 radical (unpaired) electrons. The first kappa shape index (κ1) is 22.4. The van der Waals surface area contributed by atoms with E-state index in [0.717, 1.165) is 48.5 Å². The summed E-state index contributed by atoms with van der Waals surface area (Å²) < 4.78 is 7.82. The van der Waals surface area contributed by atoms with Gasteiger partial charge in [-0.25, -0.2) is 4.98 Å². The van der Waals surface area contributed by atoms with Crippen molar-refractivity contribution in [3.05, 3.63) is 54.4 Å². The Bertz CT molecular complexity index is 1180. The molecule has 0 spiro atoms. The van der Waals surface area contributed by atoms with Crippen molar-refractivity contribution in [3.63, 3.8) is 0 Å². The first-order chi connectivity index (χ1) is 16.7. The molecule has 0 bridgehead atoms. The van der Waals surface area contributed by atoms with Crippen LogP contribution in [0.2, 0.25) is 0 Å². The molecule has 178 valence electrons. The lowest BCUT2D eigenvalue weighted by Crippen LogP contribution is -2.35. The van der Waals surface area contributed by atoms with Crippen LogP contribution in [0.5, 0.6) is 5.75 Å². The van der Waals surface area contributed by atoms with Gasteiger partial charge in [0.2, 0.25) is 11.8 Å². The zero-order valence-corrected chi connectivity index (χ0v) is 19.8. The molecule has 2 saturated heterocycles. The molecule has 1 unspecified atom stereocenters. The van der Waals surface area contributed by atoms with Gasteiger partial charge in [-0.3, -0.25) is 9.59 Å². The topological polar surface area (TPSA) is 67.7 Å². The molecule has 2 aliphatic heterocycles. The Morgan fingerprint density at radius 2 is 1.76 bits per heavy atom. The lowest BCUT2D eigenvalue weighted by molar-refractivity contribution is -0.131. The highest BCUT2D eigenvalue weighted by Crippen LogP contribution is 2.37. The van der Waals surface area contributed by atoms with Gasteiger partial charge in [-0.2, -0.15) is 0 Å². The number of ether oxygens (including phenoxy) is 1. The number of nitrogens with zero attached hydrogens (tertiary/aromatic N) is 4. The van der Waals surface area contributed by atoms with Crippen molar-refractivity contribution in [3.8, 4) is 5.75 Å². The number of hydrogen-bond donors (Lipinski definition) is 0. The molecule has 2 amide bonds. The number of aromatic nitrogens is 2. The predicted molar refractivity (Wildman–Crippen MR) is 132 cm³/mol. The monoisotopic (exact) mass is 460 g/mol. The molecule has 7 heteroatoms. The number of likely N-dealkylation sites (tertiary alicyclic amines) is 1. The zero-order valence-electron chi connectivity index (χ0n) is 19.8. The van der Waals surface area contributed by atoms with Crippen molar-refractivity contribution >= 4 is 28.5 Å². The number of rotatable bonds is 6. The van der Waals surface area contributed by atoms with E-state index in [2.05, 4.69) is 0 Å². The van der Waals surface area contributed by atoms with Crippen molar-refractivity contribution in [2.75, 3.05) is 31.1 Å². The predicted octanol–water partition coefficient (Wildman–Crippen LogP) is 4.36. The van der Waals surface area contributed by atoms with Crippen molar-refractivity contribution in [2.45, 2.75) is 51.5 Å². The summed E-state index contributed by atoms with van der Waals surface area (Å²) in [5.74, 6) is 1.62. The fourth-order valence-corrected chi connectivity index (χ4v) is 5.20. The maximum Gasteiger partial charge on any atom is 0.242 e. The second-order valence-corrected chi connectivity index (χ2v) is 9.15. The van der Waals surface area contributed by atoms with Gasteiger partial charge < -0.3 is 19.1 Å². The van der Waals surface area contributed by atoms with Crippen LogP contribution in [-0.4, -0.2) is 52.5 Å². The summed E-state index contributed by atoms with van der Waals surface area (Å²) in [7, 11) is 0. The highest BCUT2D eigenvalue weighted by Gasteiger charge is 2.36. The number of amides is 2. The molecular formula is C27H32N4O3. The molecule has 34 heavy (non-hydrogen) atoms. The molecule has 0 aliphatic carbocycles. The molecule has 0 N–H and O–H groups in total. The summed E-state index contributed by atoms with van der Waals surface area (Å²) in [6.07, 6.45) is 4.86. The van der Waals surface area contributed by atoms with Gasteiger partial charge in [-0.1, -0.05) is 37.1 Å². The Morgan fingerprint density at radius 3 is 2.56 bits per heavy atom. The van der Waals surface area contributed by atoms with Crippen LogP contribution in [-0.2, 0) is 16.1 Å². The van der Waals surface area contributed by atoms with Gasteiger partial charge in [0.25, 0.3) is 0 Å². The van der Waals surface area contributed by atoms with E-state index in [9.17, 15) is 9.59 Å². The summed E-state index contributed by atoms with van der Waals surface area (Å²) in [5.41, 5.74) is 2.60. The molecular weight excluding hydrogens is 428 g/mol. The lowest BCUT2D eigenvalue weighted by atomic mass is 10.1. The van der Waals surface area contributed by atoms with Crippen molar-refractivity contribution < 1.29 is 14.3 Å². The molecule has 2 aliphatic rings. The number of fused-ring (bicyclic) bond motifs is 1.